The predicted molar refractivity (Wildman–Crippen MR) is 51.0 cm³/mol. The molecule has 0 unspecified atom stereocenters. The first kappa shape index (κ1) is 10.5. The van der Waals surface area contributed by atoms with Gasteiger partial charge in [-0.05, 0) is 22.0 Å². The second kappa shape index (κ2) is 3.23. The largest absolute Gasteiger partial charge is 0.432 e. The quantitative estimate of drug-likeness (QED) is 0.700. The third-order valence-electron chi connectivity index (χ3n) is 2.00. The highest BCUT2D eigenvalue weighted by molar-refractivity contribution is 9.10. The number of alkyl halides is 3. The number of fused-ring (bicyclic) bond motifs is 1. The lowest BCUT2D eigenvalue weighted by Gasteiger charge is -2.03. The first-order valence-corrected chi connectivity index (χ1v) is 4.73. The molecule has 0 saturated heterocycles. The highest BCUT2D eigenvalue weighted by atomic mass is 79.9. The summed E-state index contributed by atoms with van der Waals surface area (Å²) in [4.78, 5) is 2.03. The van der Waals surface area contributed by atoms with Gasteiger partial charge < -0.3 is 4.98 Å². The van der Waals surface area contributed by atoms with Gasteiger partial charge >= 0.3 is 6.18 Å². The van der Waals surface area contributed by atoms with E-state index in [-0.39, 0.29) is 15.4 Å². The number of hydrogen-bond donors (Lipinski definition) is 1. The normalized spacial score (nSPS) is 12.3. The Morgan fingerprint density at radius 1 is 1.20 bits per heavy atom. The van der Waals surface area contributed by atoms with Crippen LogP contribution in [0.5, 0.6) is 0 Å². The minimum absolute atomic E-state index is 0.142. The zero-order valence-electron chi connectivity index (χ0n) is 7.12. The van der Waals surface area contributed by atoms with Crippen molar-refractivity contribution < 1.29 is 17.6 Å². The summed E-state index contributed by atoms with van der Waals surface area (Å²) in [6, 6.07) is 3.87. The molecule has 2 rings (SSSR count). The van der Waals surface area contributed by atoms with E-state index in [1.165, 1.54) is 12.1 Å². The van der Waals surface area contributed by atoms with E-state index in [1.807, 2.05) is 4.98 Å². The Balaban J connectivity index is 2.81. The molecule has 0 atom stereocenters. The monoisotopic (exact) mass is 281 g/mol. The van der Waals surface area contributed by atoms with Crippen molar-refractivity contribution in [1.29, 1.82) is 0 Å². The van der Waals surface area contributed by atoms with Gasteiger partial charge in [0, 0.05) is 5.39 Å². The van der Waals surface area contributed by atoms with Gasteiger partial charge in [-0.25, -0.2) is 4.39 Å². The van der Waals surface area contributed by atoms with Gasteiger partial charge in [-0.1, -0.05) is 12.1 Å². The van der Waals surface area contributed by atoms with E-state index in [2.05, 4.69) is 15.9 Å². The van der Waals surface area contributed by atoms with Crippen LogP contribution >= 0.6 is 15.9 Å². The molecule has 0 saturated carbocycles. The SMILES string of the molecule is Fc1cccc2c(Br)c(C(F)(F)F)[nH]c12. The molecule has 15 heavy (non-hydrogen) atoms. The van der Waals surface area contributed by atoms with E-state index >= 15 is 0 Å². The van der Waals surface area contributed by atoms with Gasteiger partial charge in [0.2, 0.25) is 0 Å². The van der Waals surface area contributed by atoms with E-state index in [4.69, 9.17) is 0 Å². The fourth-order valence-electron chi connectivity index (χ4n) is 1.34. The van der Waals surface area contributed by atoms with Gasteiger partial charge in [0.05, 0.1) is 9.99 Å². The van der Waals surface area contributed by atoms with Crippen molar-refractivity contribution in [3.8, 4) is 0 Å². The first-order valence-electron chi connectivity index (χ1n) is 3.94. The summed E-state index contributed by atoms with van der Waals surface area (Å²) in [6.45, 7) is 0. The van der Waals surface area contributed by atoms with Crippen LogP contribution in [0.1, 0.15) is 5.69 Å². The molecule has 0 aliphatic heterocycles. The molecular formula is C9H4BrF4N. The van der Waals surface area contributed by atoms with Crippen LogP contribution in [0.25, 0.3) is 10.9 Å². The van der Waals surface area contributed by atoms with Crippen molar-refractivity contribution in [2.45, 2.75) is 6.18 Å². The summed E-state index contributed by atoms with van der Waals surface area (Å²) in [5.41, 5.74) is -1.11. The van der Waals surface area contributed by atoms with Crippen LogP contribution in [0.15, 0.2) is 22.7 Å². The number of aromatic amines is 1. The molecule has 0 fully saturated rings. The van der Waals surface area contributed by atoms with Crippen molar-refractivity contribution in [2.24, 2.45) is 0 Å². The van der Waals surface area contributed by atoms with Crippen molar-refractivity contribution in [3.05, 3.63) is 34.2 Å². The van der Waals surface area contributed by atoms with Crippen molar-refractivity contribution in [2.75, 3.05) is 0 Å². The Bertz CT molecular complexity index is 515. The van der Waals surface area contributed by atoms with Crippen LogP contribution in [0.2, 0.25) is 0 Å². The van der Waals surface area contributed by atoms with E-state index in [9.17, 15) is 17.6 Å². The number of H-pyrrole nitrogens is 1. The molecule has 0 aliphatic carbocycles. The Kier molecular flexibility index (Phi) is 2.26. The van der Waals surface area contributed by atoms with Crippen LogP contribution in [0.4, 0.5) is 17.6 Å². The van der Waals surface area contributed by atoms with E-state index < -0.39 is 17.7 Å². The number of benzene rings is 1. The minimum atomic E-state index is -4.52. The summed E-state index contributed by atoms with van der Waals surface area (Å²) >= 11 is 2.80. The van der Waals surface area contributed by atoms with E-state index in [1.54, 1.807) is 0 Å². The first-order chi connectivity index (χ1) is 6.91. The average molecular weight is 282 g/mol. The Morgan fingerprint density at radius 3 is 2.40 bits per heavy atom. The van der Waals surface area contributed by atoms with Gasteiger partial charge in [-0.2, -0.15) is 13.2 Å². The molecule has 0 aliphatic rings. The molecule has 2 aromatic rings. The van der Waals surface area contributed by atoms with Crippen LogP contribution in [-0.4, -0.2) is 4.98 Å². The second-order valence-corrected chi connectivity index (χ2v) is 3.77. The molecule has 1 heterocycles. The Labute approximate surface area is 90.2 Å². The maximum atomic E-state index is 13.1. The second-order valence-electron chi connectivity index (χ2n) is 2.97. The van der Waals surface area contributed by atoms with Crippen LogP contribution in [-0.2, 0) is 6.18 Å². The zero-order valence-corrected chi connectivity index (χ0v) is 8.71. The number of nitrogens with one attached hydrogen (secondary N) is 1. The molecule has 1 N–H and O–H groups in total. The maximum absolute atomic E-state index is 13.1. The predicted octanol–water partition coefficient (Wildman–Crippen LogP) is 4.09. The standard InChI is InChI=1S/C9H4BrF4N/c10-6-4-2-1-3-5(11)7(4)15-8(6)9(12,13)14/h1-3,15H. The van der Waals surface area contributed by atoms with Crippen LogP contribution in [0.3, 0.4) is 0 Å². The molecule has 0 bridgehead atoms. The van der Waals surface area contributed by atoms with Gasteiger partial charge in [0.25, 0.3) is 0 Å². The topological polar surface area (TPSA) is 15.8 Å². The highest BCUT2D eigenvalue weighted by Crippen LogP contribution is 2.39. The summed E-state index contributed by atoms with van der Waals surface area (Å²) in [5, 5.41) is 0.183. The molecule has 0 radical (unpaired) electrons. The molecule has 6 heteroatoms. The number of hydrogen-bond acceptors (Lipinski definition) is 0. The average Bonchev–Trinajstić information content (AvgIpc) is 2.45. The van der Waals surface area contributed by atoms with Gasteiger partial charge in [-0.15, -0.1) is 0 Å². The number of halogens is 5. The van der Waals surface area contributed by atoms with Crippen molar-refractivity contribution in [1.82, 2.24) is 4.98 Å². The molecule has 80 valence electrons. The highest BCUT2D eigenvalue weighted by Gasteiger charge is 2.36. The smallest absolute Gasteiger partial charge is 0.348 e. The van der Waals surface area contributed by atoms with Crippen molar-refractivity contribution in [3.63, 3.8) is 0 Å². The fraction of sp³-hybridized carbons (Fsp3) is 0.111. The van der Waals surface area contributed by atoms with Gasteiger partial charge in [0.15, 0.2) is 0 Å². The maximum Gasteiger partial charge on any atom is 0.432 e. The summed E-state index contributed by atoms with van der Waals surface area (Å²) in [6.07, 6.45) is -4.52. The Hall–Kier alpha value is -1.04. The van der Waals surface area contributed by atoms with Crippen LogP contribution < -0.4 is 0 Å². The molecule has 1 aromatic carbocycles. The third-order valence-corrected chi connectivity index (χ3v) is 2.83. The third kappa shape index (κ3) is 1.62. The fourth-order valence-corrected chi connectivity index (χ4v) is 2.00. The molecule has 1 nitrogen and oxygen atoms in total. The summed E-state index contributed by atoms with van der Waals surface area (Å²) < 4.78 is 50.3. The molecule has 0 spiro atoms. The molecule has 0 amide bonds. The Morgan fingerprint density at radius 2 is 1.87 bits per heavy atom. The lowest BCUT2D eigenvalue weighted by Crippen LogP contribution is -2.05. The van der Waals surface area contributed by atoms with E-state index in [0.29, 0.717) is 0 Å². The lowest BCUT2D eigenvalue weighted by atomic mass is 10.2. The van der Waals surface area contributed by atoms with E-state index in [0.717, 1.165) is 6.07 Å². The summed E-state index contributed by atoms with van der Waals surface area (Å²) in [7, 11) is 0. The van der Waals surface area contributed by atoms with Gasteiger partial charge in [0.1, 0.15) is 11.5 Å². The number of rotatable bonds is 0. The minimum Gasteiger partial charge on any atom is -0.348 e. The van der Waals surface area contributed by atoms with Crippen LogP contribution in [0, 0.1) is 5.82 Å². The summed E-state index contributed by atoms with van der Waals surface area (Å²) in [5.74, 6) is -0.705. The lowest BCUT2D eigenvalue weighted by molar-refractivity contribution is -0.141. The molecular weight excluding hydrogens is 278 g/mol. The zero-order chi connectivity index (χ0) is 11.2. The number of aromatic nitrogens is 1. The van der Waals surface area contributed by atoms with Gasteiger partial charge in [-0.3, -0.25) is 0 Å². The van der Waals surface area contributed by atoms with Crippen molar-refractivity contribution >= 4 is 26.8 Å². The number of para-hydroxylation sites is 1. The molecule has 1 aromatic heterocycles.